The van der Waals surface area contributed by atoms with Crippen molar-refractivity contribution >= 4 is 0 Å². The van der Waals surface area contributed by atoms with Gasteiger partial charge in [0, 0.05) is 13.2 Å². The molecule has 0 aliphatic carbocycles. The number of nitrogens with one attached hydrogen (secondary N) is 1. The number of hydrogen-bond acceptors (Lipinski definition) is 3. The van der Waals surface area contributed by atoms with Crippen molar-refractivity contribution in [2.75, 3.05) is 14.2 Å². The molecule has 0 aromatic heterocycles. The molecule has 0 aliphatic heterocycles. The van der Waals surface area contributed by atoms with Gasteiger partial charge in [0.15, 0.2) is 0 Å². The summed E-state index contributed by atoms with van der Waals surface area (Å²) in [6, 6.07) is 6.87. The van der Waals surface area contributed by atoms with Crippen LogP contribution < -0.4 is 10.1 Å². The zero-order valence-electron chi connectivity index (χ0n) is 12.5. The Hall–Kier alpha value is -1.20. The molecule has 1 N–H and O–H groups in total. The minimum absolute atomic E-state index is 0.0747. The van der Waals surface area contributed by atoms with Crippen LogP contribution in [-0.2, 0) is 4.74 Å². The molecular formula is C15H23F2NO2. The molecule has 0 spiro atoms. The van der Waals surface area contributed by atoms with Crippen molar-refractivity contribution in [3.05, 3.63) is 29.8 Å². The highest BCUT2D eigenvalue weighted by Crippen LogP contribution is 2.27. The maximum absolute atomic E-state index is 12.2. The van der Waals surface area contributed by atoms with E-state index in [1.165, 1.54) is 6.07 Å². The van der Waals surface area contributed by atoms with Gasteiger partial charge in [-0.05, 0) is 51.4 Å². The fourth-order valence-corrected chi connectivity index (χ4v) is 1.98. The topological polar surface area (TPSA) is 30.5 Å². The second kappa shape index (κ2) is 7.55. The Morgan fingerprint density at radius 2 is 2.00 bits per heavy atom. The summed E-state index contributed by atoms with van der Waals surface area (Å²) in [6.07, 6.45) is 1.70. The molecule has 0 bridgehead atoms. The van der Waals surface area contributed by atoms with Gasteiger partial charge in [0.05, 0.1) is 5.60 Å². The van der Waals surface area contributed by atoms with Crippen molar-refractivity contribution in [2.24, 2.45) is 0 Å². The maximum Gasteiger partial charge on any atom is 0.387 e. The lowest BCUT2D eigenvalue weighted by atomic mass is 9.95. The van der Waals surface area contributed by atoms with Crippen LogP contribution in [0.1, 0.15) is 38.3 Å². The van der Waals surface area contributed by atoms with Crippen LogP contribution in [-0.4, -0.2) is 26.4 Å². The summed E-state index contributed by atoms with van der Waals surface area (Å²) in [5, 5.41) is 3.20. The lowest BCUT2D eigenvalue weighted by Crippen LogP contribution is -2.26. The summed E-state index contributed by atoms with van der Waals surface area (Å²) in [5.41, 5.74) is 0.726. The molecule has 0 heterocycles. The number of hydrogen-bond donors (Lipinski definition) is 1. The van der Waals surface area contributed by atoms with E-state index in [0.717, 1.165) is 18.4 Å². The Labute approximate surface area is 119 Å². The fraction of sp³-hybridized carbons (Fsp3) is 0.600. The van der Waals surface area contributed by atoms with Gasteiger partial charge < -0.3 is 14.8 Å². The molecule has 0 amide bonds. The molecule has 3 nitrogen and oxygen atoms in total. The molecule has 1 aromatic carbocycles. The predicted octanol–water partition coefficient (Wildman–Crippen LogP) is 3.75. The Kier molecular flexibility index (Phi) is 6.36. The van der Waals surface area contributed by atoms with E-state index >= 15 is 0 Å². The van der Waals surface area contributed by atoms with Crippen molar-refractivity contribution in [2.45, 2.75) is 44.9 Å². The predicted molar refractivity (Wildman–Crippen MR) is 75.2 cm³/mol. The quantitative estimate of drug-likeness (QED) is 0.790. The summed E-state index contributed by atoms with van der Waals surface area (Å²) in [4.78, 5) is 0. The number of ether oxygens (including phenoxy) is 2. The Morgan fingerprint density at radius 1 is 1.30 bits per heavy atom. The summed E-state index contributed by atoms with van der Waals surface area (Å²) in [5.74, 6) is 0.184. The summed E-state index contributed by atoms with van der Waals surface area (Å²) in [6.45, 7) is 1.25. The van der Waals surface area contributed by atoms with E-state index < -0.39 is 6.61 Å². The normalized spacial score (nSPS) is 13.6. The molecule has 1 unspecified atom stereocenters. The molecule has 0 saturated heterocycles. The molecule has 0 saturated carbocycles. The van der Waals surface area contributed by atoms with Crippen LogP contribution in [0.4, 0.5) is 8.78 Å². The first-order valence-electron chi connectivity index (χ1n) is 6.65. The van der Waals surface area contributed by atoms with Crippen molar-refractivity contribution in [3.63, 3.8) is 0 Å². The molecule has 20 heavy (non-hydrogen) atoms. The van der Waals surface area contributed by atoms with E-state index in [-0.39, 0.29) is 17.4 Å². The number of rotatable bonds is 8. The van der Waals surface area contributed by atoms with Gasteiger partial charge in [-0.15, -0.1) is 0 Å². The molecule has 5 heteroatoms. The third kappa shape index (κ3) is 5.43. The number of benzene rings is 1. The van der Waals surface area contributed by atoms with Crippen molar-refractivity contribution in [1.82, 2.24) is 5.32 Å². The van der Waals surface area contributed by atoms with Gasteiger partial charge in [-0.3, -0.25) is 0 Å². The molecule has 114 valence electrons. The summed E-state index contributed by atoms with van der Waals surface area (Å²) >= 11 is 0. The molecule has 1 aromatic rings. The molecular weight excluding hydrogens is 264 g/mol. The number of halogens is 2. The smallest absolute Gasteiger partial charge is 0.387 e. The zero-order valence-corrected chi connectivity index (χ0v) is 12.5. The third-order valence-corrected chi connectivity index (χ3v) is 3.42. The fourth-order valence-electron chi connectivity index (χ4n) is 1.98. The molecule has 0 fully saturated rings. The average molecular weight is 287 g/mol. The van der Waals surface area contributed by atoms with Crippen molar-refractivity contribution in [3.8, 4) is 5.75 Å². The zero-order chi connectivity index (χ0) is 15.2. The minimum Gasteiger partial charge on any atom is -0.435 e. The molecule has 1 atom stereocenters. The second-order valence-electron chi connectivity index (χ2n) is 5.29. The van der Waals surface area contributed by atoms with E-state index in [1.54, 1.807) is 19.2 Å². The van der Waals surface area contributed by atoms with Crippen LogP contribution in [0, 0.1) is 0 Å². The van der Waals surface area contributed by atoms with Crippen LogP contribution in [0.25, 0.3) is 0 Å². The van der Waals surface area contributed by atoms with Crippen LogP contribution >= 0.6 is 0 Å². The van der Waals surface area contributed by atoms with Crippen LogP contribution in [0.3, 0.4) is 0 Å². The van der Waals surface area contributed by atoms with Gasteiger partial charge in [0.2, 0.25) is 0 Å². The summed E-state index contributed by atoms with van der Waals surface area (Å²) < 4.78 is 34.3. The number of methoxy groups -OCH3 is 1. The van der Waals surface area contributed by atoms with Gasteiger partial charge in [0.25, 0.3) is 0 Å². The van der Waals surface area contributed by atoms with Gasteiger partial charge in [-0.2, -0.15) is 8.78 Å². The van der Waals surface area contributed by atoms with Crippen LogP contribution in [0.2, 0.25) is 0 Å². The second-order valence-corrected chi connectivity index (χ2v) is 5.29. The first-order valence-corrected chi connectivity index (χ1v) is 6.65. The largest absolute Gasteiger partial charge is 0.435 e. The molecule has 1 rings (SSSR count). The minimum atomic E-state index is -2.80. The van der Waals surface area contributed by atoms with Crippen LogP contribution in [0.15, 0.2) is 24.3 Å². The van der Waals surface area contributed by atoms with Crippen molar-refractivity contribution in [1.29, 1.82) is 0 Å². The Morgan fingerprint density at radius 3 is 2.55 bits per heavy atom. The molecule has 0 radical (unpaired) electrons. The van der Waals surface area contributed by atoms with Gasteiger partial charge >= 0.3 is 6.61 Å². The number of alkyl halides is 2. The standard InChI is InChI=1S/C15H23F2NO2/c1-15(2,19-4)9-8-13(18-3)11-6-5-7-12(10-11)20-14(16)17/h5-7,10,13-14,18H,8-9H2,1-4H3. The van der Waals surface area contributed by atoms with Gasteiger partial charge in [-0.25, -0.2) is 0 Å². The lowest BCUT2D eigenvalue weighted by Gasteiger charge is -2.26. The SMILES string of the molecule is CNC(CCC(C)(C)OC)c1cccc(OC(F)F)c1. The van der Waals surface area contributed by atoms with Crippen LogP contribution in [0.5, 0.6) is 5.75 Å². The van der Waals surface area contributed by atoms with E-state index in [1.807, 2.05) is 27.0 Å². The van der Waals surface area contributed by atoms with Gasteiger partial charge in [0.1, 0.15) is 5.75 Å². The van der Waals surface area contributed by atoms with E-state index in [0.29, 0.717) is 0 Å². The first-order chi connectivity index (χ1) is 9.38. The molecule has 0 aliphatic rings. The maximum atomic E-state index is 12.2. The third-order valence-electron chi connectivity index (χ3n) is 3.42. The van der Waals surface area contributed by atoms with E-state index in [9.17, 15) is 8.78 Å². The monoisotopic (exact) mass is 287 g/mol. The first kappa shape index (κ1) is 16.9. The Bertz CT molecular complexity index is 411. The van der Waals surface area contributed by atoms with E-state index in [4.69, 9.17) is 4.74 Å². The highest BCUT2D eigenvalue weighted by molar-refractivity contribution is 5.30. The Balaban J connectivity index is 2.74. The highest BCUT2D eigenvalue weighted by atomic mass is 19.3. The summed E-state index contributed by atoms with van der Waals surface area (Å²) in [7, 11) is 3.54. The van der Waals surface area contributed by atoms with Crippen molar-refractivity contribution < 1.29 is 18.3 Å². The average Bonchev–Trinajstić information content (AvgIpc) is 2.39. The lowest BCUT2D eigenvalue weighted by molar-refractivity contribution is -0.0499. The van der Waals surface area contributed by atoms with Gasteiger partial charge in [-0.1, -0.05) is 12.1 Å². The van der Waals surface area contributed by atoms with E-state index in [2.05, 4.69) is 10.1 Å². The highest BCUT2D eigenvalue weighted by Gasteiger charge is 2.20.